The summed E-state index contributed by atoms with van der Waals surface area (Å²) < 4.78 is 0. The summed E-state index contributed by atoms with van der Waals surface area (Å²) in [6, 6.07) is 16.4. The first-order valence-electron chi connectivity index (χ1n) is 7.33. The fraction of sp³-hybridized carbons (Fsp3) is 0.176. The number of hydrazine groups is 1. The van der Waals surface area contributed by atoms with Gasteiger partial charge in [-0.1, -0.05) is 24.3 Å². The summed E-state index contributed by atoms with van der Waals surface area (Å²) in [7, 11) is 0. The molecule has 2 rings (SSSR count). The van der Waals surface area contributed by atoms with E-state index in [1.54, 1.807) is 29.7 Å². The van der Waals surface area contributed by atoms with Crippen LogP contribution in [0.1, 0.15) is 11.1 Å². The van der Waals surface area contributed by atoms with Gasteiger partial charge in [-0.3, -0.25) is 5.43 Å². The molecule has 0 unspecified atom stereocenters. The predicted octanol–water partition coefficient (Wildman–Crippen LogP) is 3.07. The van der Waals surface area contributed by atoms with Crippen LogP contribution in [0.25, 0.3) is 0 Å². The van der Waals surface area contributed by atoms with Crippen molar-refractivity contribution in [3.05, 3.63) is 59.7 Å². The average Bonchev–Trinajstić information content (AvgIpc) is 2.63. The second-order valence-electron chi connectivity index (χ2n) is 4.83. The van der Waals surface area contributed by atoms with Crippen LogP contribution < -0.4 is 16.6 Å². The minimum atomic E-state index is 0.215. The first-order valence-corrected chi connectivity index (χ1v) is 9.78. The number of thioether (sulfide) groups is 2. The van der Waals surface area contributed by atoms with Gasteiger partial charge in [0, 0.05) is 16.3 Å². The monoisotopic (exact) mass is 359 g/mol. The van der Waals surface area contributed by atoms with Crippen molar-refractivity contribution < 1.29 is 0 Å². The van der Waals surface area contributed by atoms with E-state index < -0.39 is 0 Å². The third-order valence-corrected chi connectivity index (χ3v) is 4.64. The second-order valence-corrected chi connectivity index (χ2v) is 6.59. The van der Waals surface area contributed by atoms with Crippen molar-refractivity contribution in [3.8, 4) is 0 Å². The maximum absolute atomic E-state index is 5.75. The molecule has 0 aromatic heterocycles. The first-order chi connectivity index (χ1) is 11.7. The molecule has 0 aliphatic rings. The summed E-state index contributed by atoms with van der Waals surface area (Å²) in [6.07, 6.45) is 5.77. The molecule has 0 heterocycles. The number of rotatable bonds is 7. The SMILES string of the molecule is CSc1ccc(/C=N/N=C(N)NNCc2ccc(SC)cc2)cc1. The molecule has 0 saturated heterocycles. The van der Waals surface area contributed by atoms with E-state index in [1.807, 2.05) is 30.5 Å². The van der Waals surface area contributed by atoms with Crippen LogP contribution in [0, 0.1) is 0 Å². The summed E-state index contributed by atoms with van der Waals surface area (Å²) in [6.45, 7) is 0.644. The molecule has 2 aromatic rings. The van der Waals surface area contributed by atoms with Crippen molar-refractivity contribution in [1.29, 1.82) is 0 Å². The lowest BCUT2D eigenvalue weighted by Crippen LogP contribution is -2.41. The highest BCUT2D eigenvalue weighted by Gasteiger charge is 1.95. The highest BCUT2D eigenvalue weighted by molar-refractivity contribution is 7.98. The van der Waals surface area contributed by atoms with E-state index in [0.29, 0.717) is 6.54 Å². The Kier molecular flexibility index (Phi) is 7.67. The van der Waals surface area contributed by atoms with E-state index in [2.05, 4.69) is 51.6 Å². The predicted molar refractivity (Wildman–Crippen MR) is 106 cm³/mol. The largest absolute Gasteiger partial charge is 0.367 e. The molecule has 7 heteroatoms. The fourth-order valence-electron chi connectivity index (χ4n) is 1.85. The lowest BCUT2D eigenvalue weighted by atomic mass is 10.2. The Morgan fingerprint density at radius 1 is 1.00 bits per heavy atom. The number of guanidine groups is 1. The maximum atomic E-state index is 5.75. The summed E-state index contributed by atoms with van der Waals surface area (Å²) >= 11 is 3.43. The maximum Gasteiger partial charge on any atom is 0.228 e. The zero-order valence-electron chi connectivity index (χ0n) is 13.7. The molecule has 0 atom stereocenters. The molecule has 5 nitrogen and oxygen atoms in total. The Balaban J connectivity index is 1.77. The van der Waals surface area contributed by atoms with E-state index in [0.717, 1.165) is 11.1 Å². The molecule has 0 aliphatic carbocycles. The molecule has 0 saturated carbocycles. The highest BCUT2D eigenvalue weighted by Crippen LogP contribution is 2.15. The number of hydrogen-bond acceptors (Lipinski definition) is 5. The van der Waals surface area contributed by atoms with E-state index in [-0.39, 0.29) is 5.96 Å². The third kappa shape index (κ3) is 6.27. The molecule has 0 amide bonds. The standard InChI is InChI=1S/C17H21N5S2/c1-23-15-7-3-13(4-8-15)11-19-21-17(18)22-20-12-14-5-9-16(24-2)10-6-14/h3-11,20H,12H2,1-2H3,(H3,18,21,22)/b19-11+. The number of hydrogen-bond donors (Lipinski definition) is 3. The van der Waals surface area contributed by atoms with Crippen LogP contribution in [-0.4, -0.2) is 24.7 Å². The molecule has 0 aliphatic heterocycles. The van der Waals surface area contributed by atoms with Crippen LogP contribution in [0.2, 0.25) is 0 Å². The van der Waals surface area contributed by atoms with Gasteiger partial charge < -0.3 is 5.73 Å². The van der Waals surface area contributed by atoms with Crippen molar-refractivity contribution in [2.45, 2.75) is 16.3 Å². The van der Waals surface area contributed by atoms with Crippen LogP contribution in [-0.2, 0) is 6.54 Å². The molecule has 126 valence electrons. The van der Waals surface area contributed by atoms with Crippen LogP contribution in [0.5, 0.6) is 0 Å². The topological polar surface area (TPSA) is 74.8 Å². The molecular formula is C17H21N5S2. The summed E-state index contributed by atoms with van der Waals surface area (Å²) in [5.41, 5.74) is 13.7. The van der Waals surface area contributed by atoms with Crippen LogP contribution in [0.15, 0.2) is 68.5 Å². The van der Waals surface area contributed by atoms with Crippen LogP contribution >= 0.6 is 23.5 Å². The van der Waals surface area contributed by atoms with Crippen molar-refractivity contribution in [3.63, 3.8) is 0 Å². The van der Waals surface area contributed by atoms with Crippen molar-refractivity contribution in [1.82, 2.24) is 10.9 Å². The number of nitrogens with zero attached hydrogens (tertiary/aromatic N) is 2. The van der Waals surface area contributed by atoms with Gasteiger partial charge in [-0.2, -0.15) is 5.10 Å². The molecule has 0 fully saturated rings. The van der Waals surface area contributed by atoms with Gasteiger partial charge in [0.1, 0.15) is 0 Å². The Labute approximate surface area is 151 Å². The van der Waals surface area contributed by atoms with Gasteiger partial charge >= 0.3 is 0 Å². The second kappa shape index (κ2) is 10.0. The normalized spacial score (nSPS) is 11.8. The number of benzene rings is 2. The minimum Gasteiger partial charge on any atom is -0.367 e. The number of nitrogens with one attached hydrogen (secondary N) is 2. The quantitative estimate of drug-likeness (QED) is 0.307. The first kappa shape index (κ1) is 18.4. The Hall–Kier alpha value is -1.96. The molecule has 0 spiro atoms. The molecule has 2 aromatic carbocycles. The summed E-state index contributed by atoms with van der Waals surface area (Å²) in [5.74, 6) is 0.215. The molecule has 0 radical (unpaired) electrons. The molecular weight excluding hydrogens is 338 g/mol. The van der Waals surface area contributed by atoms with Gasteiger partial charge in [0.25, 0.3) is 0 Å². The Morgan fingerprint density at radius 3 is 2.17 bits per heavy atom. The number of nitrogens with two attached hydrogens (primary N) is 1. The van der Waals surface area contributed by atoms with Crippen LogP contribution in [0.3, 0.4) is 0 Å². The highest BCUT2D eigenvalue weighted by atomic mass is 32.2. The van der Waals surface area contributed by atoms with Crippen LogP contribution in [0.4, 0.5) is 0 Å². The fourth-order valence-corrected chi connectivity index (χ4v) is 2.67. The van der Waals surface area contributed by atoms with Gasteiger partial charge in [0.2, 0.25) is 5.96 Å². The summed E-state index contributed by atoms with van der Waals surface area (Å²) in [4.78, 5) is 2.46. The van der Waals surface area contributed by atoms with Gasteiger partial charge in [-0.25, -0.2) is 5.43 Å². The van der Waals surface area contributed by atoms with Gasteiger partial charge in [-0.15, -0.1) is 28.6 Å². The van der Waals surface area contributed by atoms with Crippen molar-refractivity contribution in [2.24, 2.45) is 15.9 Å². The van der Waals surface area contributed by atoms with Gasteiger partial charge in [0.15, 0.2) is 0 Å². The molecule has 0 bridgehead atoms. The third-order valence-electron chi connectivity index (χ3n) is 3.16. The van der Waals surface area contributed by atoms with Gasteiger partial charge in [-0.05, 0) is 47.9 Å². The Bertz CT molecular complexity index is 681. The zero-order valence-corrected chi connectivity index (χ0v) is 15.3. The average molecular weight is 360 g/mol. The van der Waals surface area contributed by atoms with E-state index in [4.69, 9.17) is 5.73 Å². The van der Waals surface area contributed by atoms with E-state index >= 15 is 0 Å². The Morgan fingerprint density at radius 2 is 1.58 bits per heavy atom. The molecule has 24 heavy (non-hydrogen) atoms. The van der Waals surface area contributed by atoms with Gasteiger partial charge in [0.05, 0.1) is 6.21 Å². The lowest BCUT2D eigenvalue weighted by molar-refractivity contribution is 0.647. The smallest absolute Gasteiger partial charge is 0.228 e. The molecule has 4 N–H and O–H groups in total. The minimum absolute atomic E-state index is 0.215. The van der Waals surface area contributed by atoms with Crippen molar-refractivity contribution in [2.75, 3.05) is 12.5 Å². The zero-order chi connectivity index (χ0) is 17.2. The van der Waals surface area contributed by atoms with Crippen molar-refractivity contribution >= 4 is 35.7 Å². The lowest BCUT2D eigenvalue weighted by Gasteiger charge is -2.07. The van der Waals surface area contributed by atoms with E-state index in [1.165, 1.54) is 9.79 Å². The summed E-state index contributed by atoms with van der Waals surface area (Å²) in [5, 5.41) is 7.87. The van der Waals surface area contributed by atoms with E-state index in [9.17, 15) is 0 Å².